The molecule has 0 spiro atoms. The normalized spacial score (nSPS) is 9.10. The van der Waals surface area contributed by atoms with Gasteiger partial charge < -0.3 is 4.98 Å². The van der Waals surface area contributed by atoms with Gasteiger partial charge >= 0.3 is 0 Å². The number of rotatable bonds is 1. The zero-order valence-electron chi connectivity index (χ0n) is 5.94. The van der Waals surface area contributed by atoms with Gasteiger partial charge in [-0.3, -0.25) is 0 Å². The van der Waals surface area contributed by atoms with Gasteiger partial charge in [0.25, 0.3) is 0 Å². The number of hydrogen-bond acceptors (Lipinski definition) is 1. The summed E-state index contributed by atoms with van der Waals surface area (Å²) in [4.78, 5) is 7.19. The molecule has 0 saturated carbocycles. The Morgan fingerprint density at radius 3 is 2.30 bits per heavy atom. The maximum Gasteiger partial charge on any atom is 0.121 e. The zero-order chi connectivity index (χ0) is 6.85. The third kappa shape index (κ3) is 1.89. The van der Waals surface area contributed by atoms with Crippen LogP contribution < -0.4 is 0 Å². The highest BCUT2D eigenvalue weighted by molar-refractivity contribution is 6.16. The number of H-pyrrole nitrogens is 1. The average molecular weight is 181 g/mol. The molecule has 0 aliphatic rings. The smallest absolute Gasteiger partial charge is 0.121 e. The molecule has 0 aliphatic carbocycles. The number of halogens is 2. The van der Waals surface area contributed by atoms with Crippen molar-refractivity contribution in [3.63, 3.8) is 0 Å². The Kier molecular flexibility index (Phi) is 3.76. The van der Waals surface area contributed by atoms with Gasteiger partial charge in [-0.1, -0.05) is 0 Å². The third-order valence-corrected chi connectivity index (χ3v) is 1.56. The first-order valence-electron chi connectivity index (χ1n) is 2.82. The van der Waals surface area contributed by atoms with Crippen molar-refractivity contribution in [2.75, 3.05) is 0 Å². The highest BCUT2D eigenvalue weighted by Gasteiger charge is 1.98. The van der Waals surface area contributed by atoms with Crippen LogP contribution in [0.3, 0.4) is 0 Å². The molecule has 0 aliphatic heterocycles. The Hall–Kier alpha value is -0.210. The molecule has 0 unspecified atom stereocenters. The summed E-state index contributed by atoms with van der Waals surface area (Å²) >= 11 is 5.52. The van der Waals surface area contributed by atoms with Gasteiger partial charge in [0.15, 0.2) is 0 Å². The molecule has 1 aromatic rings. The van der Waals surface area contributed by atoms with E-state index in [2.05, 4.69) is 9.97 Å². The van der Waals surface area contributed by atoms with E-state index in [0.29, 0.717) is 5.88 Å². The minimum Gasteiger partial charge on any atom is -0.345 e. The first kappa shape index (κ1) is 9.79. The summed E-state index contributed by atoms with van der Waals surface area (Å²) in [6, 6.07) is 0. The number of nitrogens with one attached hydrogen (secondary N) is 1. The summed E-state index contributed by atoms with van der Waals surface area (Å²) in [7, 11) is 0. The number of aromatic nitrogens is 2. The second-order valence-corrected chi connectivity index (χ2v) is 2.29. The van der Waals surface area contributed by atoms with E-state index in [1.54, 1.807) is 0 Å². The quantitative estimate of drug-likeness (QED) is 0.661. The molecule has 1 aromatic heterocycles. The standard InChI is InChI=1S/C6H9ClN2.ClH/c1-4-5(2)9-6(3-7)8-4;/h3H2,1-2H3,(H,8,9);1H. The Morgan fingerprint density at radius 1 is 1.50 bits per heavy atom. The predicted molar refractivity (Wildman–Crippen MR) is 44.9 cm³/mol. The molecule has 0 atom stereocenters. The predicted octanol–water partition coefficient (Wildman–Crippen LogP) is 2.19. The van der Waals surface area contributed by atoms with Crippen molar-refractivity contribution < 1.29 is 0 Å². The molecule has 1 rings (SSSR count). The Morgan fingerprint density at radius 2 is 2.10 bits per heavy atom. The molecule has 2 nitrogen and oxygen atoms in total. The lowest BCUT2D eigenvalue weighted by molar-refractivity contribution is 1.09. The molecule has 0 aromatic carbocycles. The maximum atomic E-state index is 5.52. The molecule has 10 heavy (non-hydrogen) atoms. The van der Waals surface area contributed by atoms with Gasteiger partial charge in [0.1, 0.15) is 5.82 Å². The Bertz CT molecular complexity index is 188. The van der Waals surface area contributed by atoms with Crippen LogP contribution in [0.1, 0.15) is 17.2 Å². The second-order valence-electron chi connectivity index (χ2n) is 2.03. The summed E-state index contributed by atoms with van der Waals surface area (Å²) in [6.45, 7) is 3.94. The highest BCUT2D eigenvalue weighted by Crippen LogP contribution is 2.03. The lowest BCUT2D eigenvalue weighted by atomic mass is 10.4. The minimum absolute atomic E-state index is 0. The summed E-state index contributed by atoms with van der Waals surface area (Å²) in [5, 5.41) is 0. The van der Waals surface area contributed by atoms with Crippen LogP contribution in [0.4, 0.5) is 0 Å². The van der Waals surface area contributed by atoms with Crippen molar-refractivity contribution in [1.29, 1.82) is 0 Å². The number of imidazole rings is 1. The summed E-state index contributed by atoms with van der Waals surface area (Å²) in [5.74, 6) is 1.32. The Labute approximate surface area is 71.4 Å². The number of aromatic amines is 1. The van der Waals surface area contributed by atoms with Crippen LogP contribution in [-0.2, 0) is 5.88 Å². The third-order valence-electron chi connectivity index (χ3n) is 1.30. The zero-order valence-corrected chi connectivity index (χ0v) is 7.51. The molecule has 4 heteroatoms. The van der Waals surface area contributed by atoms with E-state index in [1.807, 2.05) is 13.8 Å². The van der Waals surface area contributed by atoms with Crippen LogP contribution in [0.15, 0.2) is 0 Å². The first-order chi connectivity index (χ1) is 4.24. The molecule has 0 fully saturated rings. The van der Waals surface area contributed by atoms with Gasteiger partial charge in [-0.25, -0.2) is 4.98 Å². The number of nitrogens with zero attached hydrogens (tertiary/aromatic N) is 1. The second kappa shape index (κ2) is 3.84. The molecule has 0 saturated heterocycles. The van der Waals surface area contributed by atoms with E-state index in [4.69, 9.17) is 11.6 Å². The van der Waals surface area contributed by atoms with Crippen molar-refractivity contribution in [3.05, 3.63) is 17.2 Å². The van der Waals surface area contributed by atoms with E-state index in [1.165, 1.54) is 0 Å². The number of aryl methyl sites for hydroxylation is 2. The van der Waals surface area contributed by atoms with Gasteiger partial charge in [0.05, 0.1) is 11.6 Å². The van der Waals surface area contributed by atoms with Crippen molar-refractivity contribution in [2.45, 2.75) is 19.7 Å². The first-order valence-corrected chi connectivity index (χ1v) is 3.35. The molecule has 0 radical (unpaired) electrons. The number of hydrogen-bond donors (Lipinski definition) is 1. The van der Waals surface area contributed by atoms with Crippen molar-refractivity contribution >= 4 is 24.0 Å². The molecule has 58 valence electrons. The van der Waals surface area contributed by atoms with E-state index in [-0.39, 0.29) is 12.4 Å². The summed E-state index contributed by atoms with van der Waals surface area (Å²) in [6.07, 6.45) is 0. The maximum absolute atomic E-state index is 5.52. The molecule has 0 amide bonds. The summed E-state index contributed by atoms with van der Waals surface area (Å²) in [5.41, 5.74) is 2.14. The summed E-state index contributed by atoms with van der Waals surface area (Å²) < 4.78 is 0. The van der Waals surface area contributed by atoms with Crippen LogP contribution in [0.5, 0.6) is 0 Å². The van der Waals surface area contributed by atoms with Crippen LogP contribution in [0.25, 0.3) is 0 Å². The highest BCUT2D eigenvalue weighted by atomic mass is 35.5. The Balaban J connectivity index is 0.000000810. The van der Waals surface area contributed by atoms with Crippen molar-refractivity contribution in [2.24, 2.45) is 0 Å². The van der Waals surface area contributed by atoms with Gasteiger partial charge in [-0.05, 0) is 13.8 Å². The van der Waals surface area contributed by atoms with Crippen LogP contribution in [-0.4, -0.2) is 9.97 Å². The van der Waals surface area contributed by atoms with E-state index < -0.39 is 0 Å². The fourth-order valence-electron chi connectivity index (χ4n) is 0.684. The molecular weight excluding hydrogens is 171 g/mol. The minimum atomic E-state index is 0. The molecular formula is C6H10Cl2N2. The van der Waals surface area contributed by atoms with Crippen molar-refractivity contribution in [3.8, 4) is 0 Å². The van der Waals surface area contributed by atoms with E-state index in [9.17, 15) is 0 Å². The average Bonchev–Trinajstić information content (AvgIpc) is 2.13. The van der Waals surface area contributed by atoms with E-state index in [0.717, 1.165) is 17.2 Å². The number of alkyl halides is 1. The van der Waals surface area contributed by atoms with Gasteiger partial charge in [-0.15, -0.1) is 24.0 Å². The fraction of sp³-hybridized carbons (Fsp3) is 0.500. The molecule has 1 N–H and O–H groups in total. The lowest BCUT2D eigenvalue weighted by Crippen LogP contribution is -1.78. The molecule has 0 bridgehead atoms. The van der Waals surface area contributed by atoms with Crippen LogP contribution in [0, 0.1) is 13.8 Å². The molecule has 1 heterocycles. The fourth-order valence-corrected chi connectivity index (χ4v) is 0.811. The largest absolute Gasteiger partial charge is 0.345 e. The monoisotopic (exact) mass is 180 g/mol. The van der Waals surface area contributed by atoms with E-state index >= 15 is 0 Å². The lowest BCUT2D eigenvalue weighted by Gasteiger charge is -1.80. The van der Waals surface area contributed by atoms with Gasteiger partial charge in [-0.2, -0.15) is 0 Å². The van der Waals surface area contributed by atoms with Crippen LogP contribution >= 0.6 is 24.0 Å². The van der Waals surface area contributed by atoms with Crippen LogP contribution in [0.2, 0.25) is 0 Å². The topological polar surface area (TPSA) is 28.7 Å². The van der Waals surface area contributed by atoms with Gasteiger partial charge in [0.2, 0.25) is 0 Å². The van der Waals surface area contributed by atoms with Crippen molar-refractivity contribution in [1.82, 2.24) is 9.97 Å². The SMILES string of the molecule is Cc1nc(CCl)[nH]c1C.Cl. The van der Waals surface area contributed by atoms with Gasteiger partial charge in [0, 0.05) is 5.69 Å².